The van der Waals surface area contributed by atoms with Crippen LogP contribution in [-0.4, -0.2) is 37.7 Å². The van der Waals surface area contributed by atoms with E-state index in [1.807, 2.05) is 0 Å². The van der Waals surface area contributed by atoms with Crippen LogP contribution in [0.4, 0.5) is 0 Å². The molecule has 1 aliphatic carbocycles. The van der Waals surface area contributed by atoms with E-state index in [1.54, 1.807) is 5.56 Å². The van der Waals surface area contributed by atoms with Crippen LogP contribution < -0.4 is 0 Å². The summed E-state index contributed by atoms with van der Waals surface area (Å²) in [6, 6.07) is 11.3. The molecule has 0 radical (unpaired) electrons. The summed E-state index contributed by atoms with van der Waals surface area (Å²) in [5.74, 6) is 1.52. The second kappa shape index (κ2) is 6.33. The summed E-state index contributed by atoms with van der Waals surface area (Å²) in [6.45, 7) is 5.81. The Labute approximate surface area is 134 Å². The third-order valence-electron chi connectivity index (χ3n) is 6.31. The first-order valence-electron chi connectivity index (χ1n) is 9.21. The second-order valence-corrected chi connectivity index (χ2v) is 7.81. The summed E-state index contributed by atoms with van der Waals surface area (Å²) in [5, 5.41) is 0. The topological polar surface area (TPSA) is 12.5 Å². The minimum absolute atomic E-state index is 0.555. The highest BCUT2D eigenvalue weighted by molar-refractivity contribution is 5.25. The normalized spacial score (nSPS) is 31.8. The SMILES string of the molecule is c1ccc([C@H]2CN(C[C@H]3CCOC3)CC23CCCCC3)cc1. The molecule has 2 heterocycles. The van der Waals surface area contributed by atoms with E-state index >= 15 is 0 Å². The minimum Gasteiger partial charge on any atom is -0.381 e. The Bertz CT molecular complexity index is 474. The van der Waals surface area contributed by atoms with E-state index in [0.717, 1.165) is 25.0 Å². The highest BCUT2D eigenvalue weighted by Crippen LogP contribution is 2.52. The monoisotopic (exact) mass is 299 g/mol. The van der Waals surface area contributed by atoms with Gasteiger partial charge in [0.2, 0.25) is 0 Å². The van der Waals surface area contributed by atoms with Crippen LogP contribution in [0.25, 0.3) is 0 Å². The molecule has 3 fully saturated rings. The van der Waals surface area contributed by atoms with Gasteiger partial charge in [0.25, 0.3) is 0 Å². The summed E-state index contributed by atoms with van der Waals surface area (Å²) in [6.07, 6.45) is 8.45. The Hall–Kier alpha value is -0.860. The molecule has 0 aromatic heterocycles. The van der Waals surface area contributed by atoms with Crippen molar-refractivity contribution in [3.8, 4) is 0 Å². The van der Waals surface area contributed by atoms with Gasteiger partial charge in [-0.25, -0.2) is 0 Å². The average molecular weight is 299 g/mol. The molecule has 0 bridgehead atoms. The Kier molecular flexibility index (Phi) is 4.23. The molecular weight excluding hydrogens is 270 g/mol. The smallest absolute Gasteiger partial charge is 0.0507 e. The molecule has 0 N–H and O–H groups in total. The van der Waals surface area contributed by atoms with Crippen LogP contribution in [0.5, 0.6) is 0 Å². The maximum absolute atomic E-state index is 5.59. The number of benzene rings is 1. The van der Waals surface area contributed by atoms with Crippen LogP contribution in [0.2, 0.25) is 0 Å². The molecule has 2 aliphatic heterocycles. The number of likely N-dealkylation sites (tertiary alicyclic amines) is 1. The summed E-state index contributed by atoms with van der Waals surface area (Å²) in [5.41, 5.74) is 2.13. The number of ether oxygens (including phenoxy) is 1. The van der Waals surface area contributed by atoms with E-state index in [4.69, 9.17) is 4.74 Å². The highest BCUT2D eigenvalue weighted by Gasteiger charge is 2.47. The third-order valence-corrected chi connectivity index (χ3v) is 6.31. The van der Waals surface area contributed by atoms with Gasteiger partial charge in [-0.2, -0.15) is 0 Å². The van der Waals surface area contributed by atoms with Gasteiger partial charge in [0.15, 0.2) is 0 Å². The third kappa shape index (κ3) is 2.83. The molecule has 0 amide bonds. The molecule has 2 nitrogen and oxygen atoms in total. The fourth-order valence-corrected chi connectivity index (χ4v) is 5.21. The van der Waals surface area contributed by atoms with E-state index < -0.39 is 0 Å². The van der Waals surface area contributed by atoms with Crippen molar-refractivity contribution < 1.29 is 4.74 Å². The molecule has 120 valence electrons. The highest BCUT2D eigenvalue weighted by atomic mass is 16.5. The van der Waals surface area contributed by atoms with E-state index in [2.05, 4.69) is 35.2 Å². The first-order valence-corrected chi connectivity index (χ1v) is 9.21. The quantitative estimate of drug-likeness (QED) is 0.834. The van der Waals surface area contributed by atoms with Gasteiger partial charge >= 0.3 is 0 Å². The lowest BCUT2D eigenvalue weighted by Gasteiger charge is -2.38. The van der Waals surface area contributed by atoms with Gasteiger partial charge in [0, 0.05) is 32.2 Å². The maximum atomic E-state index is 5.59. The van der Waals surface area contributed by atoms with Crippen molar-refractivity contribution in [2.45, 2.75) is 44.4 Å². The van der Waals surface area contributed by atoms with Gasteiger partial charge < -0.3 is 9.64 Å². The Morgan fingerprint density at radius 2 is 1.91 bits per heavy atom. The molecule has 1 saturated carbocycles. The zero-order chi connectivity index (χ0) is 14.8. The van der Waals surface area contributed by atoms with Crippen molar-refractivity contribution >= 4 is 0 Å². The van der Waals surface area contributed by atoms with Crippen molar-refractivity contribution in [2.24, 2.45) is 11.3 Å². The van der Waals surface area contributed by atoms with Gasteiger partial charge in [-0.1, -0.05) is 49.6 Å². The van der Waals surface area contributed by atoms with E-state index in [-0.39, 0.29) is 0 Å². The fourth-order valence-electron chi connectivity index (χ4n) is 5.21. The van der Waals surface area contributed by atoms with E-state index in [1.165, 1.54) is 58.2 Å². The minimum atomic E-state index is 0.555. The predicted octanol–water partition coefficient (Wildman–Crippen LogP) is 4.07. The molecule has 2 heteroatoms. The van der Waals surface area contributed by atoms with Crippen LogP contribution in [0.3, 0.4) is 0 Å². The lowest BCUT2D eigenvalue weighted by atomic mass is 9.66. The van der Waals surface area contributed by atoms with Crippen LogP contribution in [0.15, 0.2) is 30.3 Å². The van der Waals surface area contributed by atoms with Crippen molar-refractivity contribution in [3.63, 3.8) is 0 Å². The molecule has 2 atom stereocenters. The van der Waals surface area contributed by atoms with E-state index in [9.17, 15) is 0 Å². The predicted molar refractivity (Wildman–Crippen MR) is 90.1 cm³/mol. The van der Waals surface area contributed by atoms with Gasteiger partial charge in [0.1, 0.15) is 0 Å². The molecule has 1 aromatic rings. The lowest BCUT2D eigenvalue weighted by Crippen LogP contribution is -2.33. The Balaban J connectivity index is 1.54. The number of hydrogen-bond donors (Lipinski definition) is 0. The summed E-state index contributed by atoms with van der Waals surface area (Å²) in [7, 11) is 0. The van der Waals surface area contributed by atoms with Gasteiger partial charge in [-0.05, 0) is 36.2 Å². The lowest BCUT2D eigenvalue weighted by molar-refractivity contribution is 0.152. The number of hydrogen-bond acceptors (Lipinski definition) is 2. The standard InChI is InChI=1S/C20H29NO/c1-3-7-18(8-4-1)19-14-21(13-17-9-12-22-15-17)16-20(19)10-5-2-6-11-20/h1,3-4,7-8,17,19H,2,5-6,9-16H2/t17-,19-/m1/s1. The Morgan fingerprint density at radius 3 is 2.64 bits per heavy atom. The molecule has 4 rings (SSSR count). The molecule has 1 aromatic carbocycles. The van der Waals surface area contributed by atoms with Crippen molar-refractivity contribution in [2.75, 3.05) is 32.8 Å². The molecular formula is C20H29NO. The number of nitrogens with zero attached hydrogens (tertiary/aromatic N) is 1. The summed E-state index contributed by atoms with van der Waals surface area (Å²) in [4.78, 5) is 2.77. The molecule has 22 heavy (non-hydrogen) atoms. The van der Waals surface area contributed by atoms with Crippen LogP contribution in [-0.2, 0) is 4.74 Å². The first kappa shape index (κ1) is 14.7. The van der Waals surface area contributed by atoms with Crippen molar-refractivity contribution in [3.05, 3.63) is 35.9 Å². The molecule has 2 saturated heterocycles. The molecule has 3 aliphatic rings. The van der Waals surface area contributed by atoms with Gasteiger partial charge in [-0.3, -0.25) is 0 Å². The van der Waals surface area contributed by atoms with Crippen molar-refractivity contribution in [1.29, 1.82) is 0 Å². The maximum Gasteiger partial charge on any atom is 0.0507 e. The summed E-state index contributed by atoms with van der Waals surface area (Å²) >= 11 is 0. The molecule has 0 unspecified atom stereocenters. The first-order chi connectivity index (χ1) is 10.9. The molecule has 1 spiro atoms. The van der Waals surface area contributed by atoms with E-state index in [0.29, 0.717) is 5.41 Å². The Morgan fingerprint density at radius 1 is 1.09 bits per heavy atom. The van der Waals surface area contributed by atoms with Gasteiger partial charge in [-0.15, -0.1) is 0 Å². The summed E-state index contributed by atoms with van der Waals surface area (Å²) < 4.78 is 5.59. The zero-order valence-corrected chi connectivity index (χ0v) is 13.7. The van der Waals surface area contributed by atoms with Crippen LogP contribution in [0.1, 0.15) is 50.0 Å². The largest absolute Gasteiger partial charge is 0.381 e. The fraction of sp³-hybridized carbons (Fsp3) is 0.700. The van der Waals surface area contributed by atoms with Crippen LogP contribution in [0, 0.1) is 11.3 Å². The van der Waals surface area contributed by atoms with Gasteiger partial charge in [0.05, 0.1) is 6.61 Å². The number of rotatable bonds is 3. The van der Waals surface area contributed by atoms with Crippen LogP contribution >= 0.6 is 0 Å². The zero-order valence-electron chi connectivity index (χ0n) is 13.7. The second-order valence-electron chi connectivity index (χ2n) is 7.81. The van der Waals surface area contributed by atoms with Crippen molar-refractivity contribution in [1.82, 2.24) is 4.90 Å². The average Bonchev–Trinajstić information content (AvgIpc) is 3.18.